The van der Waals surface area contributed by atoms with E-state index in [0.29, 0.717) is 28.7 Å². The molecule has 0 fully saturated rings. The van der Waals surface area contributed by atoms with E-state index < -0.39 is 0 Å². The Bertz CT molecular complexity index is 697. The molecule has 0 amide bonds. The van der Waals surface area contributed by atoms with Crippen LogP contribution in [0.5, 0.6) is 0 Å². The number of nitrogens with two attached hydrogens (primary N) is 1. The fraction of sp³-hybridized carbons (Fsp3) is 0.182. The van der Waals surface area contributed by atoms with Crippen LogP contribution in [-0.4, -0.2) is 19.6 Å². The maximum atomic E-state index is 5.74. The molecule has 0 radical (unpaired) electrons. The van der Waals surface area contributed by atoms with Crippen molar-refractivity contribution in [3.05, 3.63) is 29.9 Å². The lowest BCUT2D eigenvalue weighted by Crippen LogP contribution is -1.99. The molecule has 0 atom stereocenters. The molecule has 2 N–H and O–H groups in total. The Hall–Kier alpha value is -2.37. The Morgan fingerprint density at radius 1 is 1.24 bits per heavy atom. The first-order chi connectivity index (χ1) is 8.13. The highest BCUT2D eigenvalue weighted by Crippen LogP contribution is 2.24. The molecule has 0 aromatic carbocycles. The highest BCUT2D eigenvalue weighted by Gasteiger charge is 2.13. The third-order valence-corrected chi connectivity index (χ3v) is 2.42. The van der Waals surface area contributed by atoms with Gasteiger partial charge in [0.15, 0.2) is 17.1 Å². The van der Waals surface area contributed by atoms with Gasteiger partial charge in [-0.2, -0.15) is 5.10 Å². The van der Waals surface area contributed by atoms with Crippen LogP contribution in [0.25, 0.3) is 17.1 Å². The molecule has 6 heteroatoms. The van der Waals surface area contributed by atoms with E-state index in [0.717, 1.165) is 5.76 Å². The van der Waals surface area contributed by atoms with E-state index in [1.165, 1.54) is 0 Å². The molecule has 0 aliphatic rings. The second-order valence-electron chi connectivity index (χ2n) is 3.85. The van der Waals surface area contributed by atoms with Gasteiger partial charge in [0.05, 0.1) is 6.20 Å². The monoisotopic (exact) mass is 229 g/mol. The van der Waals surface area contributed by atoms with Gasteiger partial charge in [0, 0.05) is 0 Å². The molecule has 6 nitrogen and oxygen atoms in total. The number of aromatic nitrogens is 4. The third kappa shape index (κ3) is 1.54. The van der Waals surface area contributed by atoms with Crippen LogP contribution in [0.15, 0.2) is 22.7 Å². The van der Waals surface area contributed by atoms with Crippen molar-refractivity contribution in [3.8, 4) is 11.5 Å². The average Bonchev–Trinajstić information content (AvgIpc) is 2.82. The minimum absolute atomic E-state index is 0.381. The van der Waals surface area contributed by atoms with Gasteiger partial charge in [-0.15, -0.1) is 0 Å². The highest BCUT2D eigenvalue weighted by atomic mass is 16.3. The zero-order chi connectivity index (χ0) is 12.0. The summed E-state index contributed by atoms with van der Waals surface area (Å²) in [5.74, 6) is 2.51. The molecule has 0 bridgehead atoms. The summed E-state index contributed by atoms with van der Waals surface area (Å²) in [5, 5.41) is 4.21. The highest BCUT2D eigenvalue weighted by molar-refractivity contribution is 5.71. The number of rotatable bonds is 1. The van der Waals surface area contributed by atoms with Gasteiger partial charge in [-0.3, -0.25) is 0 Å². The van der Waals surface area contributed by atoms with Crippen molar-refractivity contribution < 1.29 is 4.42 Å². The van der Waals surface area contributed by atoms with Crippen molar-refractivity contribution in [1.29, 1.82) is 0 Å². The Labute approximate surface area is 97.1 Å². The maximum Gasteiger partial charge on any atom is 0.185 e. The summed E-state index contributed by atoms with van der Waals surface area (Å²) >= 11 is 0. The molecule has 3 heterocycles. The van der Waals surface area contributed by atoms with E-state index >= 15 is 0 Å². The first-order valence-corrected chi connectivity index (χ1v) is 5.20. The Morgan fingerprint density at radius 3 is 2.76 bits per heavy atom. The minimum Gasteiger partial charge on any atom is -0.460 e. The summed E-state index contributed by atoms with van der Waals surface area (Å²) in [6.07, 6.45) is 1.63. The van der Waals surface area contributed by atoms with Crippen LogP contribution < -0.4 is 5.73 Å². The zero-order valence-electron chi connectivity index (χ0n) is 9.51. The van der Waals surface area contributed by atoms with Crippen LogP contribution in [0.2, 0.25) is 0 Å². The molecule has 0 aliphatic heterocycles. The largest absolute Gasteiger partial charge is 0.460 e. The third-order valence-electron chi connectivity index (χ3n) is 2.42. The molecule has 0 saturated carbocycles. The van der Waals surface area contributed by atoms with Gasteiger partial charge in [-0.25, -0.2) is 14.5 Å². The SMILES string of the molecule is Cc1nc2c(-c3ccc(C)o3)nc(N)cn2n1. The van der Waals surface area contributed by atoms with Crippen molar-refractivity contribution >= 4 is 11.5 Å². The minimum atomic E-state index is 0.381. The van der Waals surface area contributed by atoms with Gasteiger partial charge < -0.3 is 10.2 Å². The molecule has 17 heavy (non-hydrogen) atoms. The van der Waals surface area contributed by atoms with E-state index in [9.17, 15) is 0 Å². The van der Waals surface area contributed by atoms with Crippen LogP contribution in [0, 0.1) is 13.8 Å². The Balaban J connectivity index is 2.34. The van der Waals surface area contributed by atoms with Crippen LogP contribution >= 0.6 is 0 Å². The zero-order valence-corrected chi connectivity index (χ0v) is 9.51. The van der Waals surface area contributed by atoms with Crippen LogP contribution in [0.1, 0.15) is 11.6 Å². The van der Waals surface area contributed by atoms with E-state index in [-0.39, 0.29) is 0 Å². The summed E-state index contributed by atoms with van der Waals surface area (Å²) in [6.45, 7) is 3.70. The average molecular weight is 229 g/mol. The summed E-state index contributed by atoms with van der Waals surface area (Å²) in [7, 11) is 0. The smallest absolute Gasteiger partial charge is 0.185 e. The number of nitrogen functional groups attached to an aromatic ring is 1. The standard InChI is InChI=1S/C11H11N5O/c1-6-3-4-8(17-6)10-11-13-7(2)15-16(11)5-9(12)14-10/h3-5H,12H2,1-2H3. The second-order valence-corrected chi connectivity index (χ2v) is 3.85. The molecule has 0 aliphatic carbocycles. The molecular formula is C11H11N5O. The predicted molar refractivity (Wildman–Crippen MR) is 62.4 cm³/mol. The Morgan fingerprint density at radius 2 is 2.06 bits per heavy atom. The lowest BCUT2D eigenvalue weighted by molar-refractivity contribution is 0.546. The van der Waals surface area contributed by atoms with Gasteiger partial charge in [0.1, 0.15) is 17.4 Å². The molecule has 3 aromatic heterocycles. The normalized spacial score (nSPS) is 11.2. The first-order valence-electron chi connectivity index (χ1n) is 5.20. The topological polar surface area (TPSA) is 82.2 Å². The molecule has 0 unspecified atom stereocenters. The Kier molecular flexibility index (Phi) is 1.91. The van der Waals surface area contributed by atoms with Crippen LogP contribution in [-0.2, 0) is 0 Å². The number of nitrogens with zero attached hydrogens (tertiary/aromatic N) is 4. The lowest BCUT2D eigenvalue weighted by atomic mass is 10.3. The van der Waals surface area contributed by atoms with E-state index in [1.807, 2.05) is 26.0 Å². The van der Waals surface area contributed by atoms with Gasteiger partial charge >= 0.3 is 0 Å². The van der Waals surface area contributed by atoms with E-state index in [2.05, 4.69) is 15.1 Å². The van der Waals surface area contributed by atoms with E-state index in [1.54, 1.807) is 10.7 Å². The van der Waals surface area contributed by atoms with Crippen LogP contribution in [0.3, 0.4) is 0 Å². The van der Waals surface area contributed by atoms with Crippen molar-refractivity contribution in [3.63, 3.8) is 0 Å². The summed E-state index contributed by atoms with van der Waals surface area (Å²) < 4.78 is 7.16. The molecule has 0 saturated heterocycles. The van der Waals surface area contributed by atoms with Crippen LogP contribution in [0.4, 0.5) is 5.82 Å². The number of anilines is 1. The fourth-order valence-corrected chi connectivity index (χ4v) is 1.74. The van der Waals surface area contributed by atoms with Gasteiger partial charge in [0.25, 0.3) is 0 Å². The number of fused-ring (bicyclic) bond motifs is 1. The quantitative estimate of drug-likeness (QED) is 0.685. The number of hydrogen-bond acceptors (Lipinski definition) is 5. The second kappa shape index (κ2) is 3.31. The maximum absolute atomic E-state index is 5.74. The number of aryl methyl sites for hydroxylation is 2. The first kappa shape index (κ1) is 9.83. The molecule has 3 rings (SSSR count). The summed E-state index contributed by atoms with van der Waals surface area (Å²) in [4.78, 5) is 8.57. The van der Waals surface area contributed by atoms with Crippen molar-refractivity contribution in [2.75, 3.05) is 5.73 Å². The van der Waals surface area contributed by atoms with Crippen molar-refractivity contribution in [2.45, 2.75) is 13.8 Å². The fourth-order valence-electron chi connectivity index (χ4n) is 1.74. The predicted octanol–water partition coefficient (Wildman–Crippen LogP) is 1.58. The number of hydrogen-bond donors (Lipinski definition) is 1. The summed E-state index contributed by atoms with van der Waals surface area (Å²) in [5.41, 5.74) is 6.99. The lowest BCUT2D eigenvalue weighted by Gasteiger charge is -2.00. The summed E-state index contributed by atoms with van der Waals surface area (Å²) in [6, 6.07) is 3.72. The van der Waals surface area contributed by atoms with E-state index in [4.69, 9.17) is 10.2 Å². The van der Waals surface area contributed by atoms with Gasteiger partial charge in [0.2, 0.25) is 0 Å². The number of furan rings is 1. The molecule has 86 valence electrons. The molecule has 0 spiro atoms. The van der Waals surface area contributed by atoms with Gasteiger partial charge in [-0.05, 0) is 26.0 Å². The molecule has 3 aromatic rings. The van der Waals surface area contributed by atoms with Gasteiger partial charge in [-0.1, -0.05) is 0 Å². The van der Waals surface area contributed by atoms with Crippen molar-refractivity contribution in [1.82, 2.24) is 19.6 Å². The van der Waals surface area contributed by atoms with Crippen molar-refractivity contribution in [2.24, 2.45) is 0 Å². The molecular weight excluding hydrogens is 218 g/mol.